The number of imidazole rings is 1. The quantitative estimate of drug-likeness (QED) is 0.832. The molecule has 1 aliphatic carbocycles. The first-order valence-electron chi connectivity index (χ1n) is 10.0. The molecule has 2 fully saturated rings. The molecule has 0 spiro atoms. The Labute approximate surface area is 168 Å². The summed E-state index contributed by atoms with van der Waals surface area (Å²) in [7, 11) is 2.09. The van der Waals surface area contributed by atoms with E-state index >= 15 is 0 Å². The number of hydrogen-bond acceptors (Lipinski definition) is 4. The van der Waals surface area contributed by atoms with Crippen LogP contribution in [0, 0.1) is 6.92 Å². The van der Waals surface area contributed by atoms with Crippen LogP contribution in [0.2, 0.25) is 0 Å². The summed E-state index contributed by atoms with van der Waals surface area (Å²) in [4.78, 5) is 19.3. The Bertz CT molecular complexity index is 883. The number of carbonyl (C=O) groups is 1. The highest BCUT2D eigenvalue weighted by Crippen LogP contribution is 2.33. The van der Waals surface area contributed by atoms with Crippen LogP contribution in [0.25, 0.3) is 0 Å². The first-order valence-corrected chi connectivity index (χ1v) is 10.0. The highest BCUT2D eigenvalue weighted by atomic mass is 19.3. The lowest BCUT2D eigenvalue weighted by molar-refractivity contribution is -0.0395. The van der Waals surface area contributed by atoms with Crippen LogP contribution in [-0.2, 0) is 0 Å². The maximum Gasteiger partial charge on any atom is 0.329 e. The minimum Gasteiger partial charge on any atom is -0.425 e. The fourth-order valence-corrected chi connectivity index (χ4v) is 3.97. The molecule has 1 saturated carbocycles. The monoisotopic (exact) mass is 404 g/mol. The van der Waals surface area contributed by atoms with Gasteiger partial charge in [-0.2, -0.15) is 4.98 Å². The number of aromatic nitrogens is 2. The molecular weight excluding hydrogens is 378 g/mol. The Balaban J connectivity index is 1.44. The van der Waals surface area contributed by atoms with Crippen LogP contribution in [0.1, 0.15) is 42.9 Å². The summed E-state index contributed by atoms with van der Waals surface area (Å²) in [6.07, 6.45) is 1.72. The van der Waals surface area contributed by atoms with Crippen LogP contribution in [0.3, 0.4) is 0 Å². The zero-order chi connectivity index (χ0) is 20.6. The molecule has 0 bridgehead atoms. The molecule has 29 heavy (non-hydrogen) atoms. The van der Waals surface area contributed by atoms with Crippen LogP contribution in [0.5, 0.6) is 11.8 Å². The summed E-state index contributed by atoms with van der Waals surface area (Å²) in [6, 6.07) is 7.32. The van der Waals surface area contributed by atoms with E-state index in [1.807, 2.05) is 18.2 Å². The van der Waals surface area contributed by atoms with E-state index in [4.69, 9.17) is 4.74 Å². The SMILES string of the molecule is Cc1cn(C(=O)NC2CCC(F)(F)CC2)c(Oc2cccc(C3CN(C)C3)c2)n1. The smallest absolute Gasteiger partial charge is 0.329 e. The Morgan fingerprint density at radius 3 is 2.69 bits per heavy atom. The number of nitrogens with one attached hydrogen (secondary N) is 1. The Morgan fingerprint density at radius 1 is 1.28 bits per heavy atom. The number of likely N-dealkylation sites (tertiary alicyclic amines) is 1. The van der Waals surface area contributed by atoms with E-state index in [1.165, 1.54) is 10.1 Å². The number of ether oxygens (including phenoxy) is 1. The van der Waals surface area contributed by atoms with Crippen molar-refractivity contribution < 1.29 is 18.3 Å². The van der Waals surface area contributed by atoms with Crippen molar-refractivity contribution in [2.45, 2.75) is 50.5 Å². The fraction of sp³-hybridized carbons (Fsp3) is 0.524. The number of alkyl halides is 2. The highest BCUT2D eigenvalue weighted by Gasteiger charge is 2.35. The topological polar surface area (TPSA) is 59.4 Å². The molecule has 4 rings (SSSR count). The van der Waals surface area contributed by atoms with E-state index < -0.39 is 12.0 Å². The van der Waals surface area contributed by atoms with Gasteiger partial charge in [0.25, 0.3) is 0 Å². The molecule has 2 heterocycles. The second kappa shape index (κ2) is 7.74. The molecule has 1 aromatic carbocycles. The van der Waals surface area contributed by atoms with Crippen LogP contribution >= 0.6 is 0 Å². The minimum atomic E-state index is -2.62. The molecule has 0 unspecified atom stereocenters. The molecule has 8 heteroatoms. The Hall–Kier alpha value is -2.48. The fourth-order valence-electron chi connectivity index (χ4n) is 3.97. The van der Waals surface area contributed by atoms with Crippen molar-refractivity contribution in [3.8, 4) is 11.8 Å². The van der Waals surface area contributed by atoms with Crippen molar-refractivity contribution in [2.24, 2.45) is 0 Å². The number of halogens is 2. The van der Waals surface area contributed by atoms with E-state index in [9.17, 15) is 13.6 Å². The zero-order valence-electron chi connectivity index (χ0n) is 16.7. The molecule has 2 aromatic rings. The van der Waals surface area contributed by atoms with Gasteiger partial charge in [-0.15, -0.1) is 0 Å². The molecular formula is C21H26F2N4O2. The zero-order valence-corrected chi connectivity index (χ0v) is 16.7. The normalized spacial score (nSPS) is 20.3. The third kappa shape index (κ3) is 4.58. The standard InChI is InChI=1S/C21H26F2N4O2/c1-14-11-27(19(28)25-17-6-8-21(22,23)9-7-17)20(24-14)29-18-5-3-4-15(10-18)16-12-26(2)13-16/h3-5,10-11,16-17H,6-9,12-13H2,1-2H3,(H,25,28). The molecule has 0 radical (unpaired) electrons. The summed E-state index contributed by atoms with van der Waals surface area (Å²) in [6.45, 7) is 3.80. The van der Waals surface area contributed by atoms with E-state index in [-0.39, 0.29) is 37.7 Å². The average molecular weight is 404 g/mol. The summed E-state index contributed by atoms with van der Waals surface area (Å²) < 4.78 is 33.9. The number of nitrogens with zero attached hydrogens (tertiary/aromatic N) is 3. The first-order chi connectivity index (χ1) is 13.8. The molecule has 1 aromatic heterocycles. The third-order valence-corrected chi connectivity index (χ3v) is 5.66. The van der Waals surface area contributed by atoms with E-state index in [0.717, 1.165) is 13.1 Å². The van der Waals surface area contributed by atoms with Crippen LogP contribution in [0.15, 0.2) is 30.5 Å². The average Bonchev–Trinajstić information content (AvgIpc) is 3.01. The van der Waals surface area contributed by atoms with Crippen molar-refractivity contribution in [3.05, 3.63) is 41.7 Å². The summed E-state index contributed by atoms with van der Waals surface area (Å²) in [5.74, 6) is -1.52. The number of rotatable bonds is 4. The van der Waals surface area contributed by atoms with Crippen molar-refractivity contribution in [1.29, 1.82) is 0 Å². The van der Waals surface area contributed by atoms with Gasteiger partial charge in [0.05, 0.1) is 5.69 Å². The lowest BCUT2D eigenvalue weighted by Crippen LogP contribution is -2.42. The minimum absolute atomic E-state index is 0.170. The second-order valence-corrected chi connectivity index (χ2v) is 8.21. The van der Waals surface area contributed by atoms with Crippen LogP contribution in [-0.4, -0.2) is 52.6 Å². The second-order valence-electron chi connectivity index (χ2n) is 8.21. The number of hydrogen-bond donors (Lipinski definition) is 1. The van der Waals surface area contributed by atoms with Gasteiger partial charge in [-0.1, -0.05) is 12.1 Å². The van der Waals surface area contributed by atoms with Gasteiger partial charge in [-0.3, -0.25) is 0 Å². The molecule has 1 saturated heterocycles. The summed E-state index contributed by atoms with van der Waals surface area (Å²) in [5, 5.41) is 2.83. The third-order valence-electron chi connectivity index (χ3n) is 5.66. The first kappa shape index (κ1) is 19.8. The van der Waals surface area contributed by atoms with Crippen LogP contribution in [0.4, 0.5) is 13.6 Å². The van der Waals surface area contributed by atoms with Crippen molar-refractivity contribution in [2.75, 3.05) is 20.1 Å². The maximum absolute atomic E-state index is 13.3. The highest BCUT2D eigenvalue weighted by molar-refractivity contribution is 5.78. The number of aryl methyl sites for hydroxylation is 1. The summed E-state index contributed by atoms with van der Waals surface area (Å²) in [5.41, 5.74) is 1.84. The number of benzene rings is 1. The molecule has 1 N–H and O–H groups in total. The largest absolute Gasteiger partial charge is 0.425 e. The molecule has 0 atom stereocenters. The molecule has 2 aliphatic rings. The summed E-state index contributed by atoms with van der Waals surface area (Å²) >= 11 is 0. The lowest BCUT2D eigenvalue weighted by atomic mass is 9.92. The molecule has 156 valence electrons. The van der Waals surface area contributed by atoms with Crippen molar-refractivity contribution in [3.63, 3.8) is 0 Å². The van der Waals surface area contributed by atoms with E-state index in [0.29, 0.717) is 17.4 Å². The predicted molar refractivity (Wildman–Crippen MR) is 105 cm³/mol. The van der Waals surface area contributed by atoms with Gasteiger partial charge in [-0.25, -0.2) is 18.1 Å². The number of amides is 1. The maximum atomic E-state index is 13.3. The number of carbonyl (C=O) groups excluding carboxylic acids is 1. The van der Waals surface area contributed by atoms with Crippen molar-refractivity contribution >= 4 is 6.03 Å². The molecule has 6 nitrogen and oxygen atoms in total. The van der Waals surface area contributed by atoms with Gasteiger partial charge in [0, 0.05) is 44.1 Å². The van der Waals surface area contributed by atoms with Gasteiger partial charge < -0.3 is 15.0 Å². The molecule has 1 aliphatic heterocycles. The van der Waals surface area contributed by atoms with Crippen molar-refractivity contribution in [1.82, 2.24) is 19.8 Å². The molecule has 1 amide bonds. The van der Waals surface area contributed by atoms with Gasteiger partial charge in [0.15, 0.2) is 0 Å². The predicted octanol–water partition coefficient (Wildman–Crippen LogP) is 4.15. The lowest BCUT2D eigenvalue weighted by Gasteiger charge is -2.36. The van der Waals surface area contributed by atoms with Gasteiger partial charge in [-0.05, 0) is 44.5 Å². The van der Waals surface area contributed by atoms with Gasteiger partial charge in [0.1, 0.15) is 5.75 Å². The Morgan fingerprint density at radius 2 is 2.00 bits per heavy atom. The van der Waals surface area contributed by atoms with Crippen LogP contribution < -0.4 is 10.1 Å². The number of likely N-dealkylation sites (N-methyl/N-ethyl adjacent to an activating group) is 1. The Kier molecular flexibility index (Phi) is 5.29. The van der Waals surface area contributed by atoms with Gasteiger partial charge in [0.2, 0.25) is 5.92 Å². The van der Waals surface area contributed by atoms with E-state index in [1.54, 1.807) is 13.1 Å². The van der Waals surface area contributed by atoms with E-state index in [2.05, 4.69) is 28.3 Å². The van der Waals surface area contributed by atoms with Gasteiger partial charge >= 0.3 is 12.0 Å².